The molecule has 2 aromatic carbocycles. The number of nitrogens with two attached hydrogens (primary N) is 1. The number of rotatable bonds is 8. The van der Waals surface area contributed by atoms with Gasteiger partial charge in [-0.25, -0.2) is 16.8 Å². The first-order chi connectivity index (χ1) is 24.1. The Morgan fingerprint density at radius 3 is 1.73 bits per heavy atom. The minimum absolute atomic E-state index is 0.0247. The molecule has 0 amide bonds. The van der Waals surface area contributed by atoms with Gasteiger partial charge in [-0.15, -0.1) is 0 Å². The third kappa shape index (κ3) is 13.6. The van der Waals surface area contributed by atoms with Gasteiger partial charge in [0.1, 0.15) is 9.79 Å². The molecule has 0 aliphatic rings. The number of fused-ring (bicyclic) bond motifs is 2. The standard InChI is InChI=1S/C15H15N3O4S.C10H12N2O2.C5H4ClNO2S.I4/c1-10-6-13-14(7-11(10)9-21-2)22-17-15(13)18-23(19,20)12-4-3-5-16-8-12;1-6-3-8-9(14-12-10(8)11)4-7(6)5-13-2;6-10(8,9)5-2-1-3-7-4-5;1-4(2)3/h3-8H,9H2,1-2H3,(H,17,18);3-4H,5H2,1-2H3,(H2,11,12);1-4H;. The fourth-order valence-corrected chi connectivity index (χ4v) is 5.85. The molecule has 0 aliphatic heterocycles. The molecule has 4 aromatic heterocycles. The summed E-state index contributed by atoms with van der Waals surface area (Å²) in [7, 11) is 0.550. The van der Waals surface area contributed by atoms with Crippen LogP contribution >= 0.6 is 74.4 Å². The molecule has 3 N–H and O–H groups in total. The number of nitrogens with zero attached hydrogens (tertiary/aromatic N) is 4. The van der Waals surface area contributed by atoms with Crippen molar-refractivity contribution in [3.63, 3.8) is 0 Å². The number of hydrogen-bond donors (Lipinski definition) is 2. The van der Waals surface area contributed by atoms with Gasteiger partial charge in [-0.1, -0.05) is 10.3 Å². The normalized spacial score (nSPS) is 11.4. The molecule has 21 heteroatoms. The monoisotopic (exact) mass is 1210 g/mol. The number of anilines is 2. The van der Waals surface area contributed by atoms with E-state index in [1.807, 2.05) is 32.0 Å². The number of ether oxygens (including phenoxy) is 2. The zero-order chi connectivity index (χ0) is 37.8. The second-order valence-electron chi connectivity index (χ2n) is 10.1. The zero-order valence-corrected chi connectivity index (χ0v) is 38.2. The molecule has 0 unspecified atom stereocenters. The summed E-state index contributed by atoms with van der Waals surface area (Å²) in [5.41, 5.74) is 11.0. The number of benzene rings is 2. The average molecular weight is 1210 g/mol. The maximum Gasteiger partial charge on any atom is 0.262 e. The summed E-state index contributed by atoms with van der Waals surface area (Å²) in [5, 5.41) is 8.98. The minimum atomic E-state index is -3.77. The number of nitrogens with one attached hydrogen (secondary N) is 1. The first kappa shape index (κ1) is 43.7. The zero-order valence-electron chi connectivity index (χ0n) is 27.2. The predicted molar refractivity (Wildman–Crippen MR) is 232 cm³/mol. The number of nitrogen functional groups attached to an aromatic ring is 1. The Morgan fingerprint density at radius 2 is 1.27 bits per heavy atom. The fourth-order valence-electron chi connectivity index (χ4n) is 4.17. The minimum Gasteiger partial charge on any atom is -0.263 e. The first-order valence-electron chi connectivity index (χ1n) is 14.1. The van der Waals surface area contributed by atoms with Gasteiger partial charge in [-0.2, -0.15) is 0 Å². The van der Waals surface area contributed by atoms with Gasteiger partial charge in [0.15, 0.2) is 22.8 Å². The molecule has 0 saturated carbocycles. The van der Waals surface area contributed by atoms with Gasteiger partial charge in [-0.3, -0.25) is 14.7 Å². The van der Waals surface area contributed by atoms with Crippen LogP contribution in [0.3, 0.4) is 0 Å². The number of sulfonamides is 1. The maximum absolute atomic E-state index is 12.3. The van der Waals surface area contributed by atoms with Crippen LogP contribution in [-0.2, 0) is 41.8 Å². The molecule has 6 rings (SSSR count). The maximum atomic E-state index is 12.3. The van der Waals surface area contributed by atoms with E-state index in [0.29, 0.717) is 35.6 Å². The van der Waals surface area contributed by atoms with Gasteiger partial charge in [0.25, 0.3) is 19.1 Å². The second-order valence-corrected chi connectivity index (χ2v) is 63.1. The summed E-state index contributed by atoms with van der Waals surface area (Å²) in [5.74, 6) is 0.586. The number of hydrogen-bond acceptors (Lipinski definition) is 13. The van der Waals surface area contributed by atoms with Crippen molar-refractivity contribution in [2.24, 2.45) is 0 Å². The molecule has 276 valence electrons. The molecule has 6 aromatic rings. The van der Waals surface area contributed by atoms with Gasteiger partial charge in [-0.05, 0) is 84.6 Å². The van der Waals surface area contributed by atoms with Gasteiger partial charge < -0.3 is 24.3 Å². The Labute approximate surface area is 335 Å². The Kier molecular flexibility index (Phi) is 17.7. The molecule has 0 spiro atoms. The van der Waals surface area contributed by atoms with Crippen LogP contribution in [0.1, 0.15) is 22.3 Å². The summed E-state index contributed by atoms with van der Waals surface area (Å²) in [4.78, 5) is 7.48. The molecule has 0 atom stereocenters. The Bertz CT molecular complexity index is 2240. The van der Waals surface area contributed by atoms with E-state index in [0.717, 1.165) is 27.6 Å². The van der Waals surface area contributed by atoms with E-state index in [9.17, 15) is 16.8 Å². The van der Waals surface area contributed by atoms with Crippen molar-refractivity contribution in [1.82, 2.24) is 20.3 Å². The predicted octanol–water partition coefficient (Wildman–Crippen LogP) is 8.90. The molecular formula is C30H31ClI4N6O8S2. The summed E-state index contributed by atoms with van der Waals surface area (Å²) < 4.78 is 68.7. The number of aromatic nitrogens is 4. The van der Waals surface area contributed by atoms with Crippen molar-refractivity contribution in [2.75, 3.05) is 24.7 Å². The Balaban J connectivity index is 0.000000213. The summed E-state index contributed by atoms with van der Waals surface area (Å²) in [6.45, 7) is 4.95. The quantitative estimate of drug-likeness (QED) is 0.108. The summed E-state index contributed by atoms with van der Waals surface area (Å²) in [6, 6.07) is 13.4. The molecule has 0 saturated heterocycles. The van der Waals surface area contributed by atoms with Crippen molar-refractivity contribution in [2.45, 2.75) is 36.9 Å². The van der Waals surface area contributed by atoms with E-state index in [-0.39, 0.29) is 23.5 Å². The van der Waals surface area contributed by atoms with Crippen LogP contribution < -0.4 is 10.5 Å². The molecule has 51 heavy (non-hydrogen) atoms. The first-order valence-corrected chi connectivity index (χ1v) is 36.7. The van der Waals surface area contributed by atoms with Gasteiger partial charge >= 0.3 is 63.7 Å². The molecule has 0 radical (unpaired) electrons. The van der Waals surface area contributed by atoms with Gasteiger partial charge in [0.2, 0.25) is 0 Å². The van der Waals surface area contributed by atoms with Crippen molar-refractivity contribution in [1.29, 1.82) is 0 Å². The van der Waals surface area contributed by atoms with E-state index < -0.39 is 19.1 Å². The molecule has 0 bridgehead atoms. The molecule has 4 heterocycles. The SMILES string of the molecule is COCc1cc2onc(N)c2cc1C.COCc1cc2onc(NS(=O)(=O)c3cccnc3)c2cc1C.II(I)I.O=S(=O)(Cl)c1cccnc1. The van der Waals surface area contributed by atoms with Crippen LogP contribution in [0.2, 0.25) is 0 Å². The molecular weight excluding hydrogens is 1180 g/mol. The van der Waals surface area contributed by atoms with Crippen molar-refractivity contribution in [3.05, 3.63) is 95.6 Å². The Morgan fingerprint density at radius 1 is 0.804 bits per heavy atom. The summed E-state index contributed by atoms with van der Waals surface area (Å²) in [6.07, 6.45) is 5.45. The largest absolute Gasteiger partial charge is 0.263 e. The summed E-state index contributed by atoms with van der Waals surface area (Å²) >= 11 is 7.42. The van der Waals surface area contributed by atoms with Crippen LogP contribution in [0.5, 0.6) is 0 Å². The number of methoxy groups -OCH3 is 2. The number of aryl methyl sites for hydroxylation is 2. The fraction of sp³-hybridized carbons (Fsp3) is 0.200. The van der Waals surface area contributed by atoms with Crippen LogP contribution in [0.15, 0.2) is 92.2 Å². The smallest absolute Gasteiger partial charge is 0.262 e. The van der Waals surface area contributed by atoms with Crippen LogP contribution in [0.4, 0.5) is 11.6 Å². The van der Waals surface area contributed by atoms with Crippen molar-refractivity contribution >= 4 is 127 Å². The van der Waals surface area contributed by atoms with E-state index in [2.05, 4.69) is 80.9 Å². The number of halogens is 5. The molecule has 0 aliphatic carbocycles. The van der Waals surface area contributed by atoms with Crippen LogP contribution in [-0.4, -0.2) is 51.3 Å². The van der Waals surface area contributed by atoms with Crippen molar-refractivity contribution < 1.29 is 35.4 Å². The van der Waals surface area contributed by atoms with E-state index in [4.69, 9.17) is 34.9 Å². The van der Waals surface area contributed by atoms with Crippen molar-refractivity contribution in [3.8, 4) is 0 Å². The molecule has 0 fully saturated rings. The molecule has 14 nitrogen and oxygen atoms in total. The van der Waals surface area contributed by atoms with Gasteiger partial charge in [0, 0.05) is 49.7 Å². The Hall–Kier alpha value is -1.69. The van der Waals surface area contributed by atoms with E-state index in [1.165, 1.54) is 43.0 Å². The third-order valence-electron chi connectivity index (χ3n) is 6.58. The third-order valence-corrected chi connectivity index (χ3v) is 9.24. The van der Waals surface area contributed by atoms with E-state index in [1.54, 1.807) is 26.4 Å². The van der Waals surface area contributed by atoms with Gasteiger partial charge in [0.05, 0.1) is 24.0 Å². The second kappa shape index (κ2) is 20.7. The van der Waals surface area contributed by atoms with Crippen LogP contribution in [0.25, 0.3) is 21.9 Å². The number of pyridine rings is 2. The average Bonchev–Trinajstić information content (AvgIpc) is 3.63. The van der Waals surface area contributed by atoms with E-state index >= 15 is 0 Å². The van der Waals surface area contributed by atoms with Crippen LogP contribution in [0, 0.1) is 13.8 Å². The topological polar surface area (TPSA) is 203 Å².